The summed E-state index contributed by atoms with van der Waals surface area (Å²) < 4.78 is 5.43. The van der Waals surface area contributed by atoms with Gasteiger partial charge >= 0.3 is 5.97 Å². The molecule has 0 aliphatic rings. The van der Waals surface area contributed by atoms with Crippen LogP contribution in [0.25, 0.3) is 11.0 Å². The van der Waals surface area contributed by atoms with E-state index < -0.39 is 5.97 Å². The van der Waals surface area contributed by atoms with Gasteiger partial charge in [0.25, 0.3) is 0 Å². The smallest absolute Gasteiger partial charge is 0.340 e. The summed E-state index contributed by atoms with van der Waals surface area (Å²) in [6.07, 6.45) is 3.43. The van der Waals surface area contributed by atoms with Gasteiger partial charge in [0.05, 0.1) is 11.3 Å². The van der Waals surface area contributed by atoms with Crippen LogP contribution in [0.15, 0.2) is 42.7 Å². The largest absolute Gasteiger partial charge is 0.457 e. The highest BCUT2D eigenvalue weighted by atomic mass is 16.5. The van der Waals surface area contributed by atoms with Crippen molar-refractivity contribution in [3.8, 4) is 0 Å². The number of fused-ring (bicyclic) bond motifs is 1. The van der Waals surface area contributed by atoms with Crippen LogP contribution in [0.4, 0.5) is 0 Å². The molecule has 0 unspecified atom stereocenters. The normalized spacial score (nSPS) is 11.5. The Labute approximate surface area is 147 Å². The first kappa shape index (κ1) is 17.0. The molecule has 3 rings (SSSR count). The fourth-order valence-corrected chi connectivity index (χ4v) is 2.48. The summed E-state index contributed by atoms with van der Waals surface area (Å²) in [5.74, 6) is -0.393. The SMILES string of the molecule is Cc1nc2ncccc2cc1C(=O)OCc1ccc(C(C)(C)C)nc1. The molecule has 0 bridgehead atoms. The maximum atomic E-state index is 12.4. The molecule has 0 fully saturated rings. The summed E-state index contributed by atoms with van der Waals surface area (Å²) in [6, 6.07) is 9.37. The van der Waals surface area contributed by atoms with Gasteiger partial charge in [-0.1, -0.05) is 26.8 Å². The second-order valence-electron chi connectivity index (χ2n) is 7.05. The highest BCUT2D eigenvalue weighted by Crippen LogP contribution is 2.20. The van der Waals surface area contributed by atoms with E-state index in [0.717, 1.165) is 16.6 Å². The molecule has 0 radical (unpaired) electrons. The number of carbonyl (C=O) groups excluding carboxylic acids is 1. The highest BCUT2D eigenvalue weighted by molar-refractivity contribution is 5.94. The van der Waals surface area contributed by atoms with E-state index in [1.807, 2.05) is 24.3 Å². The molecular weight excluding hydrogens is 314 g/mol. The average molecular weight is 335 g/mol. The first-order chi connectivity index (χ1) is 11.8. The summed E-state index contributed by atoms with van der Waals surface area (Å²) in [6.45, 7) is 8.29. The summed E-state index contributed by atoms with van der Waals surface area (Å²) in [5, 5.41) is 0.816. The van der Waals surface area contributed by atoms with Crippen molar-refractivity contribution in [1.29, 1.82) is 0 Å². The zero-order chi connectivity index (χ0) is 18.0. The van der Waals surface area contributed by atoms with E-state index in [2.05, 4.69) is 35.7 Å². The Morgan fingerprint density at radius 1 is 1.16 bits per heavy atom. The maximum absolute atomic E-state index is 12.4. The number of ether oxygens (including phenoxy) is 1. The molecule has 0 atom stereocenters. The molecule has 0 N–H and O–H groups in total. The van der Waals surface area contributed by atoms with Crippen LogP contribution in [0.2, 0.25) is 0 Å². The molecule has 0 aliphatic carbocycles. The van der Waals surface area contributed by atoms with Gasteiger partial charge < -0.3 is 4.74 Å². The zero-order valence-corrected chi connectivity index (χ0v) is 14.9. The Morgan fingerprint density at radius 2 is 1.96 bits per heavy atom. The van der Waals surface area contributed by atoms with Gasteiger partial charge in [0.15, 0.2) is 5.65 Å². The van der Waals surface area contributed by atoms with Crippen molar-refractivity contribution in [2.75, 3.05) is 0 Å². The lowest BCUT2D eigenvalue weighted by atomic mass is 9.91. The van der Waals surface area contributed by atoms with E-state index in [-0.39, 0.29) is 12.0 Å². The summed E-state index contributed by atoms with van der Waals surface area (Å²) in [5.41, 5.74) is 3.55. The molecule has 0 saturated heterocycles. The number of esters is 1. The number of aromatic nitrogens is 3. The van der Waals surface area contributed by atoms with Crippen molar-refractivity contribution < 1.29 is 9.53 Å². The van der Waals surface area contributed by atoms with Gasteiger partial charge in [-0.25, -0.2) is 14.8 Å². The van der Waals surface area contributed by atoms with Crippen molar-refractivity contribution in [1.82, 2.24) is 15.0 Å². The molecule has 0 spiro atoms. The van der Waals surface area contributed by atoms with Gasteiger partial charge in [-0.2, -0.15) is 0 Å². The van der Waals surface area contributed by atoms with Crippen molar-refractivity contribution in [2.45, 2.75) is 39.7 Å². The third kappa shape index (κ3) is 3.82. The summed E-state index contributed by atoms with van der Waals surface area (Å²) >= 11 is 0. The lowest BCUT2D eigenvalue weighted by molar-refractivity contribution is 0.0471. The molecule has 3 heterocycles. The lowest BCUT2D eigenvalue weighted by Crippen LogP contribution is -2.13. The van der Waals surface area contributed by atoms with Gasteiger partial charge in [-0.05, 0) is 31.2 Å². The number of rotatable bonds is 3. The molecule has 0 aromatic carbocycles. The highest BCUT2D eigenvalue weighted by Gasteiger charge is 2.16. The van der Waals surface area contributed by atoms with E-state index in [0.29, 0.717) is 16.9 Å². The van der Waals surface area contributed by atoms with Crippen molar-refractivity contribution in [2.24, 2.45) is 0 Å². The van der Waals surface area contributed by atoms with E-state index in [1.54, 1.807) is 25.4 Å². The second-order valence-corrected chi connectivity index (χ2v) is 7.05. The van der Waals surface area contributed by atoms with E-state index in [9.17, 15) is 4.79 Å². The van der Waals surface area contributed by atoms with Crippen molar-refractivity contribution >= 4 is 17.0 Å². The van der Waals surface area contributed by atoms with Gasteiger partial charge in [0.2, 0.25) is 0 Å². The third-order valence-electron chi connectivity index (χ3n) is 3.96. The summed E-state index contributed by atoms with van der Waals surface area (Å²) in [7, 11) is 0. The lowest BCUT2D eigenvalue weighted by Gasteiger charge is -2.17. The van der Waals surface area contributed by atoms with Gasteiger partial charge in [0, 0.05) is 34.5 Å². The predicted molar refractivity (Wildman–Crippen MR) is 96.3 cm³/mol. The predicted octanol–water partition coefficient (Wildman–Crippen LogP) is 3.99. The number of hydrogen-bond donors (Lipinski definition) is 0. The Hall–Kier alpha value is -2.82. The Balaban J connectivity index is 1.73. The molecule has 5 heteroatoms. The Morgan fingerprint density at radius 3 is 2.64 bits per heavy atom. The molecule has 128 valence electrons. The molecule has 25 heavy (non-hydrogen) atoms. The topological polar surface area (TPSA) is 65.0 Å². The molecule has 3 aromatic rings. The fraction of sp³-hybridized carbons (Fsp3) is 0.300. The van der Waals surface area contributed by atoms with Crippen LogP contribution in [-0.2, 0) is 16.8 Å². The standard InChI is InChI=1S/C20H21N3O2/c1-13-16(10-15-6-5-9-21-18(15)23-13)19(24)25-12-14-7-8-17(22-11-14)20(2,3)4/h5-11H,12H2,1-4H3. The number of carbonyl (C=O) groups is 1. The fourth-order valence-electron chi connectivity index (χ4n) is 2.48. The molecule has 5 nitrogen and oxygen atoms in total. The van der Waals surface area contributed by atoms with Crippen LogP contribution in [-0.4, -0.2) is 20.9 Å². The molecule has 0 saturated carbocycles. The Kier molecular flexibility index (Phi) is 4.49. The minimum absolute atomic E-state index is 0.00286. The average Bonchev–Trinajstić information content (AvgIpc) is 2.58. The van der Waals surface area contributed by atoms with E-state index >= 15 is 0 Å². The van der Waals surface area contributed by atoms with Crippen LogP contribution in [0.3, 0.4) is 0 Å². The number of nitrogens with zero attached hydrogens (tertiary/aromatic N) is 3. The number of hydrogen-bond acceptors (Lipinski definition) is 5. The summed E-state index contributed by atoms with van der Waals surface area (Å²) in [4.78, 5) is 25.4. The zero-order valence-electron chi connectivity index (χ0n) is 14.9. The van der Waals surface area contributed by atoms with Crippen molar-refractivity contribution in [3.63, 3.8) is 0 Å². The van der Waals surface area contributed by atoms with Crippen LogP contribution >= 0.6 is 0 Å². The minimum Gasteiger partial charge on any atom is -0.457 e. The first-order valence-electron chi connectivity index (χ1n) is 8.19. The maximum Gasteiger partial charge on any atom is 0.340 e. The third-order valence-corrected chi connectivity index (χ3v) is 3.96. The molecule has 0 amide bonds. The Bertz CT molecular complexity index is 912. The van der Waals surface area contributed by atoms with Gasteiger partial charge in [-0.15, -0.1) is 0 Å². The van der Waals surface area contributed by atoms with Crippen LogP contribution in [0.5, 0.6) is 0 Å². The van der Waals surface area contributed by atoms with Crippen LogP contribution in [0, 0.1) is 6.92 Å². The number of pyridine rings is 3. The number of aryl methyl sites for hydroxylation is 1. The van der Waals surface area contributed by atoms with Crippen LogP contribution < -0.4 is 0 Å². The second kappa shape index (κ2) is 6.59. The van der Waals surface area contributed by atoms with Gasteiger partial charge in [0.1, 0.15) is 6.61 Å². The molecule has 0 aliphatic heterocycles. The first-order valence-corrected chi connectivity index (χ1v) is 8.19. The van der Waals surface area contributed by atoms with Gasteiger partial charge in [-0.3, -0.25) is 4.98 Å². The van der Waals surface area contributed by atoms with E-state index in [4.69, 9.17) is 4.74 Å². The molecular formula is C20H21N3O2. The molecule has 3 aromatic heterocycles. The van der Waals surface area contributed by atoms with Crippen molar-refractivity contribution in [3.05, 3.63) is 65.2 Å². The monoisotopic (exact) mass is 335 g/mol. The minimum atomic E-state index is -0.393. The quantitative estimate of drug-likeness (QED) is 0.677. The van der Waals surface area contributed by atoms with Crippen LogP contribution in [0.1, 0.15) is 48.1 Å². The van der Waals surface area contributed by atoms with E-state index in [1.165, 1.54) is 0 Å².